The second-order valence-corrected chi connectivity index (χ2v) is 7.52. The smallest absolute Gasteiger partial charge is 0.151 e. The molecule has 4 nitrogen and oxygen atoms in total. The molecular formula is C21H20FN3OS. The van der Waals surface area contributed by atoms with E-state index in [9.17, 15) is 4.39 Å². The number of nitrogen functional groups attached to an aromatic ring is 1. The number of nitrogens with zero attached hydrogens (tertiary/aromatic N) is 2. The van der Waals surface area contributed by atoms with Crippen LogP contribution < -0.4 is 10.5 Å². The van der Waals surface area contributed by atoms with Crippen LogP contribution in [0.2, 0.25) is 0 Å². The van der Waals surface area contributed by atoms with E-state index in [1.807, 2.05) is 18.2 Å². The summed E-state index contributed by atoms with van der Waals surface area (Å²) in [5, 5.41) is 2.14. The van der Waals surface area contributed by atoms with Crippen molar-refractivity contribution < 1.29 is 9.13 Å². The van der Waals surface area contributed by atoms with Crippen LogP contribution in [-0.2, 0) is 12.8 Å². The number of thiazole rings is 1. The molecular weight excluding hydrogens is 361 g/mol. The molecule has 0 bridgehead atoms. The molecule has 0 aliphatic heterocycles. The predicted molar refractivity (Wildman–Crippen MR) is 109 cm³/mol. The van der Waals surface area contributed by atoms with Gasteiger partial charge in [-0.2, -0.15) is 0 Å². The van der Waals surface area contributed by atoms with Gasteiger partial charge in [-0.1, -0.05) is 19.1 Å². The van der Waals surface area contributed by atoms with Crippen LogP contribution in [0, 0.1) is 5.82 Å². The van der Waals surface area contributed by atoms with Gasteiger partial charge >= 0.3 is 0 Å². The van der Waals surface area contributed by atoms with E-state index in [2.05, 4.69) is 16.9 Å². The topological polar surface area (TPSA) is 61.0 Å². The molecule has 0 unspecified atom stereocenters. The molecule has 6 heteroatoms. The maximum absolute atomic E-state index is 13.0. The lowest BCUT2D eigenvalue weighted by molar-refractivity contribution is 0.322. The number of anilines is 1. The summed E-state index contributed by atoms with van der Waals surface area (Å²) in [6.45, 7) is 2.65. The standard InChI is InChI=1S/C21H20FN3OS/c1-2-3-18-25-19-20(27-18)16-9-8-15(12-17(16)24-21(19)23)26-11-10-13-4-6-14(22)7-5-13/h4-9,12H,2-3,10-11H2,1H3,(H2,23,24). The molecule has 4 aromatic rings. The fraction of sp³-hybridized carbons (Fsp3) is 0.238. The highest BCUT2D eigenvalue weighted by molar-refractivity contribution is 7.19. The summed E-state index contributed by atoms with van der Waals surface area (Å²) in [7, 11) is 0. The Labute approximate surface area is 160 Å². The summed E-state index contributed by atoms with van der Waals surface area (Å²) in [6, 6.07) is 12.4. The summed E-state index contributed by atoms with van der Waals surface area (Å²) in [4.78, 5) is 9.15. The van der Waals surface area contributed by atoms with Crippen molar-refractivity contribution in [2.75, 3.05) is 12.3 Å². The lowest BCUT2D eigenvalue weighted by atomic mass is 10.1. The molecule has 0 amide bonds. The third kappa shape index (κ3) is 3.71. The van der Waals surface area contributed by atoms with Gasteiger partial charge in [0.2, 0.25) is 0 Å². The zero-order chi connectivity index (χ0) is 18.8. The van der Waals surface area contributed by atoms with Crippen LogP contribution in [0.1, 0.15) is 23.9 Å². The Morgan fingerprint density at radius 2 is 1.89 bits per heavy atom. The van der Waals surface area contributed by atoms with E-state index in [1.165, 1.54) is 12.1 Å². The van der Waals surface area contributed by atoms with Crippen molar-refractivity contribution >= 4 is 38.3 Å². The Bertz CT molecular complexity index is 1090. The molecule has 2 heterocycles. The number of nitrogens with two attached hydrogens (primary N) is 1. The highest BCUT2D eigenvalue weighted by Crippen LogP contribution is 2.34. The molecule has 0 fully saturated rings. The zero-order valence-corrected chi connectivity index (χ0v) is 15.9. The lowest BCUT2D eigenvalue weighted by Crippen LogP contribution is -2.01. The lowest BCUT2D eigenvalue weighted by Gasteiger charge is -2.08. The monoisotopic (exact) mass is 381 g/mol. The average molecular weight is 381 g/mol. The Balaban J connectivity index is 1.56. The molecule has 0 saturated heterocycles. The number of halogens is 1. The number of aryl methyl sites for hydroxylation is 1. The number of hydrogen-bond donors (Lipinski definition) is 1. The van der Waals surface area contributed by atoms with Crippen LogP contribution in [0.25, 0.3) is 21.1 Å². The summed E-state index contributed by atoms with van der Waals surface area (Å²) in [5.41, 5.74) is 8.77. The van der Waals surface area contributed by atoms with Gasteiger partial charge in [0.1, 0.15) is 17.1 Å². The van der Waals surface area contributed by atoms with Gasteiger partial charge in [-0.15, -0.1) is 11.3 Å². The number of aromatic nitrogens is 2. The molecule has 4 rings (SSSR count). The normalized spacial score (nSPS) is 11.3. The van der Waals surface area contributed by atoms with E-state index in [4.69, 9.17) is 10.5 Å². The maximum Gasteiger partial charge on any atom is 0.151 e. The quantitative estimate of drug-likeness (QED) is 0.502. The minimum atomic E-state index is -0.227. The van der Waals surface area contributed by atoms with Crippen molar-refractivity contribution in [1.82, 2.24) is 9.97 Å². The fourth-order valence-electron chi connectivity index (χ4n) is 3.05. The largest absolute Gasteiger partial charge is 0.493 e. The van der Waals surface area contributed by atoms with Gasteiger partial charge in [0, 0.05) is 17.9 Å². The maximum atomic E-state index is 13.0. The highest BCUT2D eigenvalue weighted by atomic mass is 32.1. The van der Waals surface area contributed by atoms with Crippen LogP contribution >= 0.6 is 11.3 Å². The number of benzene rings is 2. The van der Waals surface area contributed by atoms with Crippen LogP contribution in [0.3, 0.4) is 0 Å². The second kappa shape index (κ2) is 7.48. The first kappa shape index (κ1) is 17.7. The molecule has 0 atom stereocenters. The van der Waals surface area contributed by atoms with E-state index in [0.717, 1.165) is 50.3 Å². The van der Waals surface area contributed by atoms with E-state index in [-0.39, 0.29) is 5.82 Å². The number of ether oxygens (including phenoxy) is 1. The van der Waals surface area contributed by atoms with E-state index < -0.39 is 0 Å². The molecule has 138 valence electrons. The molecule has 2 aromatic heterocycles. The van der Waals surface area contributed by atoms with Crippen LogP contribution in [-0.4, -0.2) is 16.6 Å². The van der Waals surface area contributed by atoms with Crippen molar-refractivity contribution in [3.63, 3.8) is 0 Å². The van der Waals surface area contributed by atoms with E-state index in [1.54, 1.807) is 23.5 Å². The molecule has 2 N–H and O–H groups in total. The number of pyridine rings is 1. The summed E-state index contributed by atoms with van der Waals surface area (Å²) >= 11 is 1.69. The Kier molecular flexibility index (Phi) is 4.90. The average Bonchev–Trinajstić information content (AvgIpc) is 3.08. The van der Waals surface area contributed by atoms with Crippen molar-refractivity contribution in [2.24, 2.45) is 0 Å². The summed E-state index contributed by atoms with van der Waals surface area (Å²) < 4.78 is 19.9. The van der Waals surface area contributed by atoms with Crippen LogP contribution in [0.4, 0.5) is 10.2 Å². The Morgan fingerprint density at radius 3 is 2.67 bits per heavy atom. The van der Waals surface area contributed by atoms with Crippen molar-refractivity contribution in [1.29, 1.82) is 0 Å². The van der Waals surface area contributed by atoms with E-state index >= 15 is 0 Å². The SMILES string of the molecule is CCCc1nc2c(N)nc3cc(OCCc4ccc(F)cc4)ccc3c2s1. The molecule has 0 aliphatic rings. The first-order chi connectivity index (χ1) is 13.1. The van der Waals surface area contributed by atoms with Gasteiger partial charge in [0.05, 0.1) is 21.8 Å². The molecule has 0 saturated carbocycles. The third-order valence-electron chi connectivity index (χ3n) is 4.41. The Hall–Kier alpha value is -2.73. The Morgan fingerprint density at radius 1 is 1.07 bits per heavy atom. The third-order valence-corrected chi connectivity index (χ3v) is 5.55. The zero-order valence-electron chi connectivity index (χ0n) is 15.0. The summed E-state index contributed by atoms with van der Waals surface area (Å²) in [6.07, 6.45) is 2.71. The first-order valence-electron chi connectivity index (χ1n) is 9.00. The van der Waals surface area contributed by atoms with E-state index in [0.29, 0.717) is 18.8 Å². The van der Waals surface area contributed by atoms with Gasteiger partial charge in [0.25, 0.3) is 0 Å². The number of fused-ring (bicyclic) bond motifs is 3. The van der Waals surface area contributed by atoms with Gasteiger partial charge in [0.15, 0.2) is 5.82 Å². The van der Waals surface area contributed by atoms with Crippen molar-refractivity contribution in [2.45, 2.75) is 26.2 Å². The highest BCUT2D eigenvalue weighted by Gasteiger charge is 2.12. The van der Waals surface area contributed by atoms with Gasteiger partial charge in [-0.25, -0.2) is 14.4 Å². The molecule has 0 aliphatic carbocycles. The van der Waals surface area contributed by atoms with Crippen molar-refractivity contribution in [3.8, 4) is 5.75 Å². The minimum Gasteiger partial charge on any atom is -0.493 e. The number of rotatable bonds is 6. The summed E-state index contributed by atoms with van der Waals surface area (Å²) in [5.74, 6) is 0.975. The minimum absolute atomic E-state index is 0.227. The van der Waals surface area contributed by atoms with Crippen LogP contribution in [0.15, 0.2) is 42.5 Å². The predicted octanol–water partition coefficient (Wildman–Crippen LogP) is 5.14. The first-order valence-corrected chi connectivity index (χ1v) is 9.81. The molecule has 2 aromatic carbocycles. The van der Waals surface area contributed by atoms with Crippen molar-refractivity contribution in [3.05, 3.63) is 58.9 Å². The second-order valence-electron chi connectivity index (χ2n) is 6.44. The molecule has 0 radical (unpaired) electrons. The fourth-order valence-corrected chi connectivity index (χ4v) is 4.26. The molecule has 27 heavy (non-hydrogen) atoms. The van der Waals surface area contributed by atoms with Gasteiger partial charge in [-0.3, -0.25) is 0 Å². The van der Waals surface area contributed by atoms with Gasteiger partial charge < -0.3 is 10.5 Å². The number of hydrogen-bond acceptors (Lipinski definition) is 5. The van der Waals surface area contributed by atoms with Gasteiger partial charge in [-0.05, 0) is 42.7 Å². The molecule has 0 spiro atoms. The van der Waals surface area contributed by atoms with Crippen LogP contribution in [0.5, 0.6) is 5.75 Å².